The molecule has 2 spiro atoms. The zero-order valence-electron chi connectivity index (χ0n) is 25.1. The van der Waals surface area contributed by atoms with E-state index >= 15 is 0 Å². The fourth-order valence-corrected chi connectivity index (χ4v) is 10.0. The van der Waals surface area contributed by atoms with Crippen molar-refractivity contribution in [2.24, 2.45) is 11.3 Å². The summed E-state index contributed by atoms with van der Waals surface area (Å²) in [6, 6.07) is 10.9. The first-order valence-electron chi connectivity index (χ1n) is 17.1. The van der Waals surface area contributed by atoms with Crippen LogP contribution in [0.4, 0.5) is 0 Å². The smallest absolute Gasteiger partial charge is 0.112 e. The van der Waals surface area contributed by atoms with E-state index in [4.69, 9.17) is 9.72 Å². The third-order valence-electron chi connectivity index (χ3n) is 11.9. The molecule has 1 aromatic rings. The summed E-state index contributed by atoms with van der Waals surface area (Å²) in [6.07, 6.45) is 23.0. The summed E-state index contributed by atoms with van der Waals surface area (Å²) in [5.74, 6) is 0.569. The maximum Gasteiger partial charge on any atom is 0.112 e. The number of allylic oxidation sites excluding steroid dienone is 2. The van der Waals surface area contributed by atoms with Gasteiger partial charge in [0, 0.05) is 41.1 Å². The minimum absolute atomic E-state index is 0.104. The molecule has 6 heteroatoms. The number of hydrogen-bond donors (Lipinski definition) is 2. The lowest BCUT2D eigenvalue weighted by Gasteiger charge is -2.59. The summed E-state index contributed by atoms with van der Waals surface area (Å²) in [4.78, 5) is 8.00. The predicted octanol–water partition coefficient (Wildman–Crippen LogP) is 7.14. The second-order valence-corrected chi connectivity index (χ2v) is 14.1. The summed E-state index contributed by atoms with van der Waals surface area (Å²) >= 11 is 0. The number of nitrogens with one attached hydrogen (secondary N) is 1. The van der Waals surface area contributed by atoms with Gasteiger partial charge in [-0.3, -0.25) is 0 Å². The third kappa shape index (κ3) is 4.35. The molecule has 2 N–H and O–H groups in total. The first-order chi connectivity index (χ1) is 20.7. The molecule has 7 aliphatic rings. The Hall–Kier alpha value is -2.41. The highest BCUT2D eigenvalue weighted by Crippen LogP contribution is 2.68. The fraction of sp³-hybridized carbons (Fsp3) is 0.639. The Morgan fingerprint density at radius 3 is 2.71 bits per heavy atom. The molecule has 1 unspecified atom stereocenters. The Morgan fingerprint density at radius 2 is 1.76 bits per heavy atom. The van der Waals surface area contributed by atoms with Gasteiger partial charge in [0.1, 0.15) is 5.60 Å². The maximum atomic E-state index is 11.7. The van der Waals surface area contributed by atoms with Crippen molar-refractivity contribution in [3.8, 4) is 11.3 Å². The van der Waals surface area contributed by atoms with Crippen LogP contribution in [-0.2, 0) is 4.74 Å². The van der Waals surface area contributed by atoms with Crippen LogP contribution in [0.3, 0.4) is 0 Å². The molecule has 3 bridgehead atoms. The van der Waals surface area contributed by atoms with E-state index in [1.165, 1.54) is 80.9 Å². The average Bonchev–Trinajstić information content (AvgIpc) is 3.61. The van der Waals surface area contributed by atoms with Gasteiger partial charge < -0.3 is 20.2 Å². The van der Waals surface area contributed by atoms with E-state index in [1.54, 1.807) is 0 Å². The van der Waals surface area contributed by atoms with Crippen molar-refractivity contribution in [2.75, 3.05) is 26.2 Å². The quantitative estimate of drug-likeness (QED) is 0.186. The SMILES string of the molecule is On1ccc2c3ccccc3nc-2c1[C@H]1[C@@H]2CCN3CCCC/C=C\CC[C@@]4(O[C@@H]14)[C@@H]1NCCCCCCCC[C@@]12C3. The second-order valence-electron chi connectivity index (χ2n) is 14.1. The first-order valence-corrected chi connectivity index (χ1v) is 17.1. The Bertz CT molecular complexity index is 1420. The number of pyridine rings is 1. The van der Waals surface area contributed by atoms with Gasteiger partial charge in [0.2, 0.25) is 0 Å². The van der Waals surface area contributed by atoms with Crippen molar-refractivity contribution in [1.82, 2.24) is 19.9 Å². The lowest BCUT2D eigenvalue weighted by atomic mass is 9.50. The van der Waals surface area contributed by atoms with Crippen LogP contribution in [0.15, 0.2) is 48.7 Å². The van der Waals surface area contributed by atoms with Crippen LogP contribution in [0.25, 0.3) is 22.2 Å². The van der Waals surface area contributed by atoms with E-state index in [-0.39, 0.29) is 23.0 Å². The lowest BCUT2D eigenvalue weighted by Crippen LogP contribution is -2.68. The van der Waals surface area contributed by atoms with Crippen LogP contribution in [0.1, 0.15) is 95.1 Å². The summed E-state index contributed by atoms with van der Waals surface area (Å²) in [7, 11) is 0. The van der Waals surface area contributed by atoms with E-state index in [1.807, 2.05) is 12.3 Å². The lowest BCUT2D eigenvalue weighted by molar-refractivity contribution is -0.0619. The van der Waals surface area contributed by atoms with E-state index in [2.05, 4.69) is 46.6 Å². The van der Waals surface area contributed by atoms with E-state index in [9.17, 15) is 5.21 Å². The summed E-state index contributed by atoms with van der Waals surface area (Å²) in [5, 5.41) is 17.1. The molecule has 4 fully saturated rings. The minimum atomic E-state index is -0.197. The van der Waals surface area contributed by atoms with Gasteiger partial charge in [-0.1, -0.05) is 62.5 Å². The van der Waals surface area contributed by atoms with Gasteiger partial charge in [0.25, 0.3) is 0 Å². The predicted molar refractivity (Wildman–Crippen MR) is 167 cm³/mol. The van der Waals surface area contributed by atoms with Crippen LogP contribution in [0.5, 0.6) is 0 Å². The first kappa shape index (κ1) is 27.2. The van der Waals surface area contributed by atoms with Crippen LogP contribution in [-0.4, -0.2) is 63.7 Å². The molecule has 6 heterocycles. The number of para-hydroxylation sites is 1. The van der Waals surface area contributed by atoms with Crippen molar-refractivity contribution < 1.29 is 9.94 Å². The number of ether oxygens (including phenoxy) is 1. The molecule has 0 amide bonds. The third-order valence-corrected chi connectivity index (χ3v) is 11.9. The van der Waals surface area contributed by atoms with E-state index in [0.717, 1.165) is 61.4 Å². The highest BCUT2D eigenvalue weighted by molar-refractivity contribution is 5.98. The van der Waals surface area contributed by atoms with Crippen molar-refractivity contribution in [3.63, 3.8) is 0 Å². The minimum Gasteiger partial charge on any atom is -0.429 e. The Balaban J connectivity index is 1.30. The summed E-state index contributed by atoms with van der Waals surface area (Å²) in [5.41, 5.74) is 4.04. The molecule has 1 saturated carbocycles. The summed E-state index contributed by atoms with van der Waals surface area (Å²) < 4.78 is 8.59. The van der Waals surface area contributed by atoms with Gasteiger partial charge in [0.15, 0.2) is 0 Å². The highest BCUT2D eigenvalue weighted by atomic mass is 16.6. The number of hydrogen-bond acceptors (Lipinski definition) is 5. The number of piperidine rings is 1. The Morgan fingerprint density at radius 1 is 0.905 bits per heavy atom. The van der Waals surface area contributed by atoms with Crippen LogP contribution in [0.2, 0.25) is 0 Å². The van der Waals surface area contributed by atoms with Crippen molar-refractivity contribution in [2.45, 2.75) is 107 Å². The molecule has 1 aliphatic carbocycles. The standard InChI is InChI=1S/C36H48N4O2/c41-40-24-17-27-26-15-9-10-16-29(26)38-31(27)32(40)30-28-18-23-39-22-14-8-4-2-6-12-20-36(33(30)42-36)34-35(28,25-39)19-11-5-1-3-7-13-21-37-34/h2,6,9-10,15-17,24,28,30,33-34,37,41H,1,3-5,7-8,11-14,18-23,25H2/b6-2-/t28-,30+,33-,34+,35-,36-/m0/s1. The van der Waals surface area contributed by atoms with Crippen LogP contribution < -0.4 is 5.32 Å². The highest BCUT2D eigenvalue weighted by Gasteiger charge is 2.75. The number of benzene rings is 1. The molecule has 8 rings (SSSR count). The van der Waals surface area contributed by atoms with Crippen molar-refractivity contribution in [3.05, 3.63) is 54.4 Å². The molecule has 7 atom stereocenters. The van der Waals surface area contributed by atoms with Crippen LogP contribution in [0, 0.1) is 11.3 Å². The molecule has 42 heavy (non-hydrogen) atoms. The van der Waals surface area contributed by atoms with Gasteiger partial charge in [-0.2, -0.15) is 4.73 Å². The number of nitrogens with zero attached hydrogens (tertiary/aromatic N) is 3. The Kier molecular flexibility index (Phi) is 7.08. The number of aromatic nitrogens is 2. The van der Waals surface area contributed by atoms with Crippen LogP contribution >= 0.6 is 0 Å². The molecular formula is C36H48N4O2. The molecule has 224 valence electrons. The fourth-order valence-electron chi connectivity index (χ4n) is 10.0. The molecule has 3 saturated heterocycles. The van der Waals surface area contributed by atoms with E-state index < -0.39 is 0 Å². The molecular weight excluding hydrogens is 520 g/mol. The van der Waals surface area contributed by atoms with Gasteiger partial charge >= 0.3 is 0 Å². The maximum absolute atomic E-state index is 11.7. The topological polar surface area (TPSA) is 65.8 Å². The van der Waals surface area contributed by atoms with Crippen molar-refractivity contribution >= 4 is 10.9 Å². The number of epoxide rings is 1. The van der Waals surface area contributed by atoms with Gasteiger partial charge in [0.05, 0.1) is 23.0 Å². The van der Waals surface area contributed by atoms with Crippen molar-refractivity contribution in [1.29, 1.82) is 0 Å². The normalized spacial score (nSPS) is 38.3. The number of fused-ring (bicyclic) bond motifs is 4. The Labute approximate surface area is 250 Å². The van der Waals surface area contributed by atoms with Gasteiger partial charge in [-0.05, 0) is 89.1 Å². The molecule has 6 nitrogen and oxygen atoms in total. The largest absolute Gasteiger partial charge is 0.429 e. The monoisotopic (exact) mass is 568 g/mol. The average molecular weight is 569 g/mol. The van der Waals surface area contributed by atoms with Gasteiger partial charge in [-0.15, -0.1) is 0 Å². The molecule has 1 aromatic carbocycles. The molecule has 0 aromatic heterocycles. The number of rotatable bonds is 1. The molecule has 6 aliphatic heterocycles. The zero-order valence-corrected chi connectivity index (χ0v) is 25.1. The van der Waals surface area contributed by atoms with Gasteiger partial charge in [-0.25, -0.2) is 4.98 Å². The molecule has 0 radical (unpaired) electrons. The second kappa shape index (κ2) is 10.9. The van der Waals surface area contributed by atoms with E-state index in [0.29, 0.717) is 12.0 Å². The zero-order chi connectivity index (χ0) is 28.1. The summed E-state index contributed by atoms with van der Waals surface area (Å²) in [6.45, 7) is 4.57.